The molecule has 0 atom stereocenters. The van der Waals surface area contributed by atoms with Gasteiger partial charge in [-0.05, 0) is 135 Å². The summed E-state index contributed by atoms with van der Waals surface area (Å²) in [5, 5.41) is -0.352. The lowest BCUT2D eigenvalue weighted by Gasteiger charge is -2.39. The third kappa shape index (κ3) is 49.4. The Morgan fingerprint density at radius 3 is 1.09 bits per heavy atom. The van der Waals surface area contributed by atoms with E-state index in [4.69, 9.17) is 51.6 Å². The van der Waals surface area contributed by atoms with E-state index in [9.17, 15) is 55.2 Å². The number of aryl methyl sites for hydroxylation is 1. The van der Waals surface area contributed by atoms with E-state index in [0.29, 0.717) is 37.2 Å². The number of carbonyl (C=O) groups is 7. The number of hydrogen-bond donors (Lipinski definition) is 0. The first-order valence-electron chi connectivity index (χ1n) is 44.3. The molecule has 8 aromatic carbocycles. The molecular weight excluding hydrogens is 1710 g/mol. The summed E-state index contributed by atoms with van der Waals surface area (Å²) < 4.78 is 86.5. The van der Waals surface area contributed by atoms with Crippen LogP contribution in [0.3, 0.4) is 0 Å². The molecule has 0 aromatic heterocycles. The smallest absolute Gasteiger partial charge is 0.450 e. The second-order valence-corrected chi connectivity index (χ2v) is 46.5. The number of halogens is 5. The summed E-state index contributed by atoms with van der Waals surface area (Å²) in [5.41, 5.74) is 12.1. The number of ketones is 1. The molecule has 129 heavy (non-hydrogen) atoms. The number of alkyl halides is 5. The van der Waals surface area contributed by atoms with Crippen molar-refractivity contribution >= 4 is 82.7 Å². The Morgan fingerprint density at radius 1 is 0.434 bits per heavy atom. The van der Waals surface area contributed by atoms with Gasteiger partial charge in [-0.2, -0.15) is 13.2 Å². The molecule has 0 bridgehead atoms. The minimum absolute atomic E-state index is 0.00614. The van der Waals surface area contributed by atoms with Crippen LogP contribution in [-0.2, 0) is 90.3 Å². The monoisotopic (exact) mass is 1860 g/mol. The Kier molecular flexibility index (Phi) is 56.0. The van der Waals surface area contributed by atoms with Crippen molar-refractivity contribution in [1.29, 1.82) is 0 Å². The molecule has 0 saturated carbocycles. The first kappa shape index (κ1) is 120. The third-order valence-corrected chi connectivity index (χ3v) is 22.6. The van der Waals surface area contributed by atoms with Crippen LogP contribution in [0.5, 0.6) is 0 Å². The number of ether oxygens (including phenoxy) is 6. The molecule has 0 N–H and O–H groups in total. The number of sulfone groups is 1. The molecule has 0 spiro atoms. The predicted octanol–water partition coefficient (Wildman–Crippen LogP) is 27.2. The van der Waals surface area contributed by atoms with Gasteiger partial charge in [0, 0.05) is 25.3 Å². The highest BCUT2D eigenvalue weighted by Gasteiger charge is 2.41. The van der Waals surface area contributed by atoms with Gasteiger partial charge in [-0.25, -0.2) is 8.42 Å². The second kappa shape index (κ2) is 60.5. The van der Waals surface area contributed by atoms with Gasteiger partial charge in [-0.3, -0.25) is 33.6 Å². The van der Waals surface area contributed by atoms with Gasteiger partial charge in [0.1, 0.15) is 36.4 Å². The Balaban J connectivity index is 0.00000144. The van der Waals surface area contributed by atoms with E-state index >= 15 is 0 Å². The number of Topliss-reactive ketones (excluding diaryl/α,β-unsaturated/α-hetero) is 1. The van der Waals surface area contributed by atoms with Crippen molar-refractivity contribution in [2.45, 2.75) is 249 Å². The molecule has 1 aliphatic rings. The average molecular weight is 1860 g/mol. The summed E-state index contributed by atoms with van der Waals surface area (Å²) >= 11 is 11.1. The number of hydrogen-bond acceptors (Lipinski definition) is 15. The summed E-state index contributed by atoms with van der Waals surface area (Å²) in [5.74, 6) is -2.52. The molecule has 0 radical (unpaired) electrons. The number of fused-ring (bicyclic) bond motifs is 3. The zero-order chi connectivity index (χ0) is 98.8. The van der Waals surface area contributed by atoms with Crippen LogP contribution in [0, 0.1) is 60.2 Å². The molecule has 0 fully saturated rings. The van der Waals surface area contributed by atoms with Crippen molar-refractivity contribution in [3.8, 4) is 11.1 Å². The Bertz CT molecular complexity index is 4490. The fourth-order valence-electron chi connectivity index (χ4n) is 11.4. The van der Waals surface area contributed by atoms with E-state index in [-0.39, 0.29) is 100 Å². The number of esters is 6. The molecule has 0 saturated heterocycles. The van der Waals surface area contributed by atoms with E-state index in [2.05, 4.69) is 212 Å². The molecule has 22 heteroatoms. The minimum atomic E-state index is -4.66. The van der Waals surface area contributed by atoms with Crippen LogP contribution in [0.1, 0.15) is 217 Å². The van der Waals surface area contributed by atoms with Crippen molar-refractivity contribution in [3.63, 3.8) is 0 Å². The topological polar surface area (TPSA) is 209 Å². The summed E-state index contributed by atoms with van der Waals surface area (Å²) in [6.07, 6.45) is -1.91. The quantitative estimate of drug-likeness (QED) is 0.0123. The van der Waals surface area contributed by atoms with Gasteiger partial charge in [0.15, 0.2) is 9.84 Å². The van der Waals surface area contributed by atoms with Crippen molar-refractivity contribution in [3.05, 3.63) is 282 Å². The van der Waals surface area contributed by atoms with E-state index < -0.39 is 40.1 Å². The molecule has 712 valence electrons. The van der Waals surface area contributed by atoms with Crippen LogP contribution in [-0.4, -0.2) is 106 Å². The fourth-order valence-corrected chi connectivity index (χ4v) is 13.3. The van der Waals surface area contributed by atoms with Crippen LogP contribution < -0.4 is 0 Å². The SMILES string of the molecule is C=CCOC(=O)C(C)C.CC(C)C(=O)C(F)(F)F.CC(C)C(=O)OC(C)(C)C.CC(C)C(=O)OCC(C)(Cl)Cl.CC(C)C(=O)OCC1c2ccccc2-c2ccccc21.CC(C)C(=O)OCC[Si](C)(C)C.CC(C)C(=O)OCc1ccccc1.CC(C)C(c1ccccc1)(c1ccccc1)c1ccccc1.CC(C)Cc1ccccc1.Cc1ccc(S(=O)(=O)C(C)C)cc1. The first-order valence-corrected chi connectivity index (χ1v) is 50.3. The van der Waals surface area contributed by atoms with Crippen LogP contribution in [0.4, 0.5) is 13.2 Å². The van der Waals surface area contributed by atoms with Gasteiger partial charge in [-0.1, -0.05) is 398 Å². The standard InChI is InChI=1S/C22H22.C18H18O2.C11H14O2.C10H14O2S.C10H14.C9H20O2Si.C8H16O2.C7H12Cl2O2.C7H12O2.C5H7F3O/c1-18(2)22(19-12-6-3-7-13-19,20-14-8-4-9-15-20)21-16-10-5-11-17-21;1-12(2)18(19)20-11-17-15-9-5-3-7-13(15)14-8-4-6-10-16(14)17;1-9(2)11(12)13-8-10-6-4-3-5-7-10;1-8(2)13(11,12)10-6-4-9(3)5-7-10;1-9(2)8-10-6-4-3-5-7-10;1-8(2)9(10)11-6-7-12(3,4)5;1-6(2)7(9)10-8(3,4)5;1-5(2)6(10)11-4-7(3,8)9;1-4-5-9-7(8)6(2)3;1-3(2)4(9)5(6,7)8/h3-18H,1-2H3;3-10,12,17H,11H2,1-2H3;3-7,9H,8H2,1-2H3;4-8H,1-3H3;3-7,9H,8H2,1-2H3;8H,6-7H2,1-5H3;6H,1-5H3;5H,4H2,1-3H3;4,6H,1,5H2,2-3H3;3H,1-2H3. The Morgan fingerprint density at radius 2 is 0.775 bits per heavy atom. The molecular formula is C107H149Cl2F3O15SSi. The van der Waals surface area contributed by atoms with Crippen LogP contribution in [0.2, 0.25) is 25.7 Å². The van der Waals surface area contributed by atoms with Crippen LogP contribution in [0.25, 0.3) is 11.1 Å². The molecule has 0 unspecified atom stereocenters. The molecule has 9 rings (SSSR count). The summed E-state index contributed by atoms with van der Waals surface area (Å²) in [6, 6.07) is 77.6. The maximum atomic E-state index is 11.7. The van der Waals surface area contributed by atoms with Crippen molar-refractivity contribution in [2.24, 2.45) is 53.3 Å². The lowest BCUT2D eigenvalue weighted by molar-refractivity contribution is -0.174. The molecule has 0 aliphatic heterocycles. The maximum Gasteiger partial charge on any atom is 0.450 e. The maximum absolute atomic E-state index is 11.7. The summed E-state index contributed by atoms with van der Waals surface area (Å²) in [7, 11) is -4.13. The van der Waals surface area contributed by atoms with Gasteiger partial charge in [0.05, 0.1) is 52.3 Å². The van der Waals surface area contributed by atoms with Crippen molar-refractivity contribution in [2.75, 3.05) is 26.4 Å². The molecule has 15 nitrogen and oxygen atoms in total. The highest BCUT2D eigenvalue weighted by Crippen LogP contribution is 2.46. The number of benzene rings is 8. The largest absolute Gasteiger partial charge is 0.466 e. The van der Waals surface area contributed by atoms with E-state index in [1.54, 1.807) is 66.7 Å². The second-order valence-electron chi connectivity index (χ2n) is 36.6. The predicted molar refractivity (Wildman–Crippen MR) is 526 cm³/mol. The van der Waals surface area contributed by atoms with E-state index in [0.717, 1.165) is 23.1 Å². The molecule has 0 heterocycles. The highest BCUT2D eigenvalue weighted by molar-refractivity contribution is 7.92. The summed E-state index contributed by atoms with van der Waals surface area (Å²) in [4.78, 5) is 76.7. The number of carbonyl (C=O) groups excluding carboxylic acids is 7. The van der Waals surface area contributed by atoms with Gasteiger partial charge in [0.2, 0.25) is 5.78 Å². The average Bonchev–Trinajstić information content (AvgIpc) is 1.56. The molecule has 0 amide bonds. The first-order chi connectivity index (χ1) is 59.9. The lowest BCUT2D eigenvalue weighted by atomic mass is 9.63. The van der Waals surface area contributed by atoms with E-state index in [1.165, 1.54) is 64.8 Å². The van der Waals surface area contributed by atoms with Gasteiger partial charge in [0.25, 0.3) is 0 Å². The zero-order valence-corrected chi connectivity index (χ0v) is 85.2. The third-order valence-electron chi connectivity index (χ3n) is 18.5. The van der Waals surface area contributed by atoms with Gasteiger partial charge >= 0.3 is 42.0 Å². The van der Waals surface area contributed by atoms with Gasteiger partial charge < -0.3 is 28.4 Å². The van der Waals surface area contributed by atoms with Crippen molar-refractivity contribution < 1.29 is 83.6 Å². The Hall–Kier alpha value is -9.47. The lowest BCUT2D eigenvalue weighted by Crippen LogP contribution is -2.35. The normalized spacial score (nSPS) is 11.6. The summed E-state index contributed by atoms with van der Waals surface area (Å²) in [6.45, 7) is 57.9. The van der Waals surface area contributed by atoms with Crippen molar-refractivity contribution in [1.82, 2.24) is 0 Å². The minimum Gasteiger partial charge on any atom is -0.466 e. The zero-order valence-electron chi connectivity index (χ0n) is 81.9. The van der Waals surface area contributed by atoms with Crippen LogP contribution in [0.15, 0.2) is 242 Å². The number of rotatable bonds is 26. The van der Waals surface area contributed by atoms with Gasteiger partial charge in [-0.15, -0.1) is 0 Å². The highest BCUT2D eigenvalue weighted by atomic mass is 35.5. The molecule has 1 aliphatic carbocycles. The Labute approximate surface area is 783 Å². The van der Waals surface area contributed by atoms with Crippen LogP contribution >= 0.6 is 23.2 Å². The fraction of sp³-hybridized carbons (Fsp3) is 0.467. The molecule has 8 aromatic rings. The van der Waals surface area contributed by atoms with E-state index in [1.807, 2.05) is 138 Å².